The van der Waals surface area contributed by atoms with E-state index in [0.29, 0.717) is 24.3 Å². The van der Waals surface area contributed by atoms with Crippen molar-refractivity contribution in [2.24, 2.45) is 0 Å². The standard InChI is InChI=1S/C39H26O24/c40-11-2-1-3-12(41)20(11)31(54)22-33(56)35(58)36(59)39(34(22)57)63-62-38-18(47)9-19(30(53)23(38)25(48)10-4-5-15(44)29(52)26(10)49)60-61-37-17(46)8-16(45)28(51)24(37)32(55)21-13(42)6-7-14(43)27(21)50/h1-9,40-47,49-53,56-59H. The van der Waals surface area contributed by atoms with Gasteiger partial charge in [0.15, 0.2) is 63.2 Å². The normalized spacial score (nSPS) is 10.9. The number of hydrogen-bond donors (Lipinski definition) is 17. The van der Waals surface area contributed by atoms with Crippen LogP contribution in [-0.4, -0.2) is 104 Å². The van der Waals surface area contributed by atoms with Crippen molar-refractivity contribution in [3.8, 4) is 121 Å². The summed E-state index contributed by atoms with van der Waals surface area (Å²) in [7, 11) is 0. The smallest absolute Gasteiger partial charge is 0.266 e. The summed E-state index contributed by atoms with van der Waals surface area (Å²) in [6.07, 6.45) is 0. The highest BCUT2D eigenvalue weighted by atomic mass is 17.2. The van der Waals surface area contributed by atoms with Crippen molar-refractivity contribution in [2.45, 2.75) is 0 Å². The molecule has 0 aliphatic carbocycles. The summed E-state index contributed by atoms with van der Waals surface area (Å²) in [5.41, 5.74) is -7.15. The van der Waals surface area contributed by atoms with Crippen LogP contribution in [0.15, 0.2) is 54.6 Å². The third-order valence-electron chi connectivity index (χ3n) is 8.85. The third kappa shape index (κ3) is 7.07. The van der Waals surface area contributed by atoms with E-state index in [1.165, 1.54) is 0 Å². The van der Waals surface area contributed by atoms with Crippen molar-refractivity contribution >= 4 is 17.3 Å². The molecule has 0 bridgehead atoms. The maximum Gasteiger partial charge on any atom is 0.266 e. The minimum absolute atomic E-state index is 0.314. The van der Waals surface area contributed by atoms with Gasteiger partial charge in [0.25, 0.3) is 5.75 Å². The second-order valence-corrected chi connectivity index (χ2v) is 12.7. The fourth-order valence-electron chi connectivity index (χ4n) is 5.73. The van der Waals surface area contributed by atoms with E-state index in [9.17, 15) is 101 Å². The van der Waals surface area contributed by atoms with Crippen molar-refractivity contribution in [2.75, 3.05) is 0 Å². The SMILES string of the molecule is O=C(c1c(O)cccc1O)c1c(O)c(O)c(O)c(OOc2c(O)cc(OOc3c(O)cc(O)c(O)c3C(=O)c3c(O)ccc(O)c3O)c(O)c2C(=O)c2ccc(O)c(O)c2O)c1O. The Hall–Kier alpha value is -9.87. The number of ketones is 3. The van der Waals surface area contributed by atoms with Crippen molar-refractivity contribution in [3.63, 3.8) is 0 Å². The molecule has 326 valence electrons. The van der Waals surface area contributed by atoms with E-state index in [1.807, 2.05) is 0 Å². The maximum atomic E-state index is 14.0. The van der Waals surface area contributed by atoms with Gasteiger partial charge in [-0.15, -0.1) is 0 Å². The largest absolute Gasteiger partial charge is 0.507 e. The van der Waals surface area contributed by atoms with Crippen LogP contribution in [0.4, 0.5) is 0 Å². The first-order valence-corrected chi connectivity index (χ1v) is 16.8. The second kappa shape index (κ2) is 15.7. The number of rotatable bonds is 12. The van der Waals surface area contributed by atoms with Gasteiger partial charge in [0.05, 0.1) is 5.56 Å². The second-order valence-electron chi connectivity index (χ2n) is 12.7. The number of carbonyl (C=O) groups excluding carboxylic acids is 3. The van der Waals surface area contributed by atoms with Crippen LogP contribution < -0.4 is 19.6 Å². The first-order chi connectivity index (χ1) is 29.6. The van der Waals surface area contributed by atoms with E-state index in [2.05, 4.69) is 0 Å². The molecule has 0 saturated carbocycles. The van der Waals surface area contributed by atoms with Crippen LogP contribution in [0.3, 0.4) is 0 Å². The van der Waals surface area contributed by atoms with Gasteiger partial charge in [0.2, 0.25) is 51.8 Å². The molecule has 6 rings (SSSR count). The molecule has 24 heteroatoms. The highest BCUT2D eigenvalue weighted by Gasteiger charge is 2.36. The van der Waals surface area contributed by atoms with Crippen molar-refractivity contribution in [1.29, 1.82) is 0 Å². The van der Waals surface area contributed by atoms with Gasteiger partial charge in [-0.25, -0.2) is 0 Å². The van der Waals surface area contributed by atoms with Gasteiger partial charge < -0.3 is 86.8 Å². The Morgan fingerprint density at radius 2 is 0.778 bits per heavy atom. The van der Waals surface area contributed by atoms with Crippen LogP contribution in [0.1, 0.15) is 47.8 Å². The molecule has 0 atom stereocenters. The Morgan fingerprint density at radius 1 is 0.302 bits per heavy atom. The van der Waals surface area contributed by atoms with Crippen LogP contribution in [-0.2, 0) is 0 Å². The molecule has 0 spiro atoms. The fourth-order valence-corrected chi connectivity index (χ4v) is 5.73. The van der Waals surface area contributed by atoms with Crippen LogP contribution in [0.2, 0.25) is 0 Å². The summed E-state index contributed by atoms with van der Waals surface area (Å²) in [5.74, 6) is -32.2. The molecule has 0 aliphatic heterocycles. The molecule has 6 aromatic rings. The van der Waals surface area contributed by atoms with Crippen molar-refractivity contribution in [3.05, 3.63) is 88.0 Å². The van der Waals surface area contributed by atoms with Gasteiger partial charge in [-0.2, -0.15) is 0 Å². The minimum Gasteiger partial charge on any atom is -0.507 e. The van der Waals surface area contributed by atoms with Crippen LogP contribution >= 0.6 is 0 Å². The van der Waals surface area contributed by atoms with Gasteiger partial charge in [-0.3, -0.25) is 33.9 Å². The summed E-state index contributed by atoms with van der Waals surface area (Å²) in [6, 6.07) is 6.41. The minimum atomic E-state index is -1.69. The molecule has 0 aliphatic rings. The monoisotopic (exact) mass is 878 g/mol. The lowest BCUT2D eigenvalue weighted by molar-refractivity contribution is -0.109. The first-order valence-electron chi connectivity index (χ1n) is 16.8. The maximum absolute atomic E-state index is 14.0. The zero-order valence-electron chi connectivity index (χ0n) is 30.7. The zero-order chi connectivity index (χ0) is 46.5. The molecule has 17 N–H and O–H groups in total. The molecule has 63 heavy (non-hydrogen) atoms. The molecular weight excluding hydrogens is 852 g/mol. The predicted molar refractivity (Wildman–Crippen MR) is 200 cm³/mol. The highest BCUT2D eigenvalue weighted by Crippen LogP contribution is 2.54. The van der Waals surface area contributed by atoms with E-state index in [-0.39, 0.29) is 0 Å². The number of hydrogen-bond acceptors (Lipinski definition) is 24. The Morgan fingerprint density at radius 3 is 1.41 bits per heavy atom. The lowest BCUT2D eigenvalue weighted by Gasteiger charge is -2.18. The molecule has 0 saturated heterocycles. The molecule has 0 amide bonds. The Labute approximate surface area is 346 Å². The van der Waals surface area contributed by atoms with Gasteiger partial charge in [0, 0.05) is 12.1 Å². The number of carbonyl (C=O) groups is 3. The van der Waals surface area contributed by atoms with E-state index < -0.39 is 171 Å². The molecule has 0 heterocycles. The van der Waals surface area contributed by atoms with E-state index in [1.54, 1.807) is 0 Å². The molecule has 24 nitrogen and oxygen atoms in total. The van der Waals surface area contributed by atoms with Gasteiger partial charge >= 0.3 is 0 Å². The van der Waals surface area contributed by atoms with Gasteiger partial charge in [-0.05, 0) is 36.4 Å². The van der Waals surface area contributed by atoms with Crippen LogP contribution in [0, 0.1) is 0 Å². The van der Waals surface area contributed by atoms with Gasteiger partial charge in [-0.1, -0.05) is 6.07 Å². The van der Waals surface area contributed by atoms with Crippen molar-refractivity contribution < 1.29 is 121 Å². The van der Waals surface area contributed by atoms with Crippen molar-refractivity contribution in [1.82, 2.24) is 0 Å². The summed E-state index contributed by atoms with van der Waals surface area (Å²) < 4.78 is 0. The first kappa shape index (κ1) is 42.7. The third-order valence-corrected chi connectivity index (χ3v) is 8.85. The predicted octanol–water partition coefficient (Wildman–Crippen LogP) is 3.12. The summed E-state index contributed by atoms with van der Waals surface area (Å²) in [6.45, 7) is 0. The molecule has 0 radical (unpaired) electrons. The zero-order valence-corrected chi connectivity index (χ0v) is 30.7. The summed E-state index contributed by atoms with van der Waals surface area (Å²) in [5, 5.41) is 177. The topological polar surface area (TPSA) is 432 Å². The number of phenols is 17. The molecule has 0 aromatic heterocycles. The lowest BCUT2D eigenvalue weighted by Crippen LogP contribution is -2.12. The molecule has 0 fully saturated rings. The number of aromatic hydroxyl groups is 17. The number of phenolic OH excluding ortho intramolecular Hbond substituents is 17. The average Bonchev–Trinajstić information content (AvgIpc) is 3.22. The molecule has 6 aromatic carbocycles. The quantitative estimate of drug-likeness (QED) is 0.0276. The van der Waals surface area contributed by atoms with Gasteiger partial charge in [0.1, 0.15) is 45.1 Å². The number of benzene rings is 6. The summed E-state index contributed by atoms with van der Waals surface area (Å²) >= 11 is 0. The Bertz CT molecular complexity index is 2920. The highest BCUT2D eigenvalue weighted by molar-refractivity contribution is 6.18. The average molecular weight is 879 g/mol. The Balaban J connectivity index is 1.47. The van der Waals surface area contributed by atoms with Crippen LogP contribution in [0.25, 0.3) is 0 Å². The lowest BCUT2D eigenvalue weighted by atomic mass is 9.98. The molecular formula is C39H26O24. The molecule has 0 unspecified atom stereocenters. The summed E-state index contributed by atoms with van der Waals surface area (Å²) in [4.78, 5) is 60.5. The van der Waals surface area contributed by atoms with E-state index >= 15 is 0 Å². The Kier molecular flexibility index (Phi) is 10.7. The van der Waals surface area contributed by atoms with E-state index in [0.717, 1.165) is 30.3 Å². The fraction of sp³-hybridized carbons (Fsp3) is 0. The van der Waals surface area contributed by atoms with Crippen LogP contribution in [0.5, 0.6) is 121 Å². The van der Waals surface area contributed by atoms with E-state index in [4.69, 9.17) is 19.6 Å².